The van der Waals surface area contributed by atoms with E-state index in [9.17, 15) is 0 Å². The van der Waals surface area contributed by atoms with Crippen molar-refractivity contribution in [1.29, 1.82) is 0 Å². The van der Waals surface area contributed by atoms with Crippen LogP contribution in [0.1, 0.15) is 33.2 Å². The summed E-state index contributed by atoms with van der Waals surface area (Å²) < 4.78 is 5.22. The maximum absolute atomic E-state index is 6.57. The van der Waals surface area contributed by atoms with Crippen LogP contribution in [-0.2, 0) is 6.42 Å². The maximum Gasteiger partial charge on any atom is 0.119 e. The topological polar surface area (TPSA) is 9.23 Å². The summed E-state index contributed by atoms with van der Waals surface area (Å²) in [7, 11) is 1.68. The molecule has 0 N–H and O–H groups in total. The van der Waals surface area contributed by atoms with Crippen molar-refractivity contribution in [3.05, 3.63) is 51.2 Å². The van der Waals surface area contributed by atoms with Gasteiger partial charge in [0.25, 0.3) is 0 Å². The van der Waals surface area contributed by atoms with Crippen molar-refractivity contribution in [3.8, 4) is 5.75 Å². The second kappa shape index (κ2) is 5.77. The average molecular weight is 281 g/mol. The van der Waals surface area contributed by atoms with Crippen LogP contribution in [0.3, 0.4) is 0 Å². The fourth-order valence-corrected chi connectivity index (χ4v) is 3.33. The van der Waals surface area contributed by atoms with Gasteiger partial charge in [-0.05, 0) is 48.7 Å². The molecule has 2 rings (SSSR count). The number of aryl methyl sites for hydroxylation is 2. The summed E-state index contributed by atoms with van der Waals surface area (Å²) in [6, 6.07) is 10.3. The lowest BCUT2D eigenvalue weighted by atomic mass is 10.0. The highest BCUT2D eigenvalue weighted by atomic mass is 35.5. The minimum Gasteiger partial charge on any atom is -0.497 e. The van der Waals surface area contributed by atoms with Crippen LogP contribution in [0, 0.1) is 6.92 Å². The highest BCUT2D eigenvalue weighted by Crippen LogP contribution is 2.36. The Morgan fingerprint density at radius 3 is 2.61 bits per heavy atom. The van der Waals surface area contributed by atoms with Gasteiger partial charge in [0.2, 0.25) is 0 Å². The van der Waals surface area contributed by atoms with Crippen LogP contribution in [0.4, 0.5) is 0 Å². The van der Waals surface area contributed by atoms with Gasteiger partial charge in [-0.3, -0.25) is 0 Å². The molecule has 0 aliphatic heterocycles. The number of hydrogen-bond acceptors (Lipinski definition) is 2. The zero-order valence-electron chi connectivity index (χ0n) is 10.9. The number of rotatable bonds is 4. The molecular weight excluding hydrogens is 264 g/mol. The molecule has 96 valence electrons. The van der Waals surface area contributed by atoms with Crippen molar-refractivity contribution < 1.29 is 4.74 Å². The van der Waals surface area contributed by atoms with E-state index >= 15 is 0 Å². The maximum atomic E-state index is 6.57. The van der Waals surface area contributed by atoms with Gasteiger partial charge in [-0.25, -0.2) is 0 Å². The normalized spacial score (nSPS) is 12.4. The first-order valence-electron chi connectivity index (χ1n) is 6.03. The van der Waals surface area contributed by atoms with E-state index in [1.54, 1.807) is 18.4 Å². The zero-order chi connectivity index (χ0) is 13.1. The van der Waals surface area contributed by atoms with Gasteiger partial charge in [0.15, 0.2) is 0 Å². The molecule has 0 aliphatic rings. The lowest BCUT2D eigenvalue weighted by molar-refractivity contribution is 0.414. The van der Waals surface area contributed by atoms with Gasteiger partial charge in [0, 0.05) is 9.75 Å². The summed E-state index contributed by atoms with van der Waals surface area (Å²) in [6.07, 6.45) is 1.07. The molecular formula is C15H17ClOS. The second-order valence-corrected chi connectivity index (χ2v) is 5.88. The zero-order valence-corrected chi connectivity index (χ0v) is 12.4. The predicted octanol–water partition coefficient (Wildman–Crippen LogP) is 4.96. The molecule has 0 spiro atoms. The van der Waals surface area contributed by atoms with Crippen LogP contribution >= 0.6 is 22.9 Å². The molecule has 1 atom stereocenters. The van der Waals surface area contributed by atoms with Crippen molar-refractivity contribution in [2.24, 2.45) is 0 Å². The van der Waals surface area contributed by atoms with Crippen LogP contribution in [0.2, 0.25) is 0 Å². The molecule has 18 heavy (non-hydrogen) atoms. The van der Waals surface area contributed by atoms with E-state index in [0.717, 1.165) is 17.7 Å². The molecule has 3 heteroatoms. The molecule has 0 amide bonds. The molecule has 0 fully saturated rings. The number of ether oxygens (including phenoxy) is 1. The van der Waals surface area contributed by atoms with Crippen LogP contribution in [0.25, 0.3) is 0 Å². The summed E-state index contributed by atoms with van der Waals surface area (Å²) in [4.78, 5) is 2.59. The third-order valence-electron chi connectivity index (χ3n) is 3.03. The van der Waals surface area contributed by atoms with Crippen molar-refractivity contribution in [2.75, 3.05) is 7.11 Å². The van der Waals surface area contributed by atoms with Gasteiger partial charge in [-0.15, -0.1) is 22.9 Å². The molecule has 0 saturated heterocycles. The first-order valence-corrected chi connectivity index (χ1v) is 7.28. The molecule has 0 aliphatic carbocycles. The van der Waals surface area contributed by atoms with Crippen molar-refractivity contribution >= 4 is 22.9 Å². The van der Waals surface area contributed by atoms with Crippen molar-refractivity contribution in [3.63, 3.8) is 0 Å². The van der Waals surface area contributed by atoms with Gasteiger partial charge < -0.3 is 4.74 Å². The number of halogens is 1. The van der Waals surface area contributed by atoms with E-state index in [1.165, 1.54) is 15.3 Å². The molecule has 0 saturated carbocycles. The molecule has 0 radical (unpaired) electrons. The number of thiophene rings is 1. The third kappa shape index (κ3) is 2.70. The second-order valence-electron chi connectivity index (χ2n) is 4.24. The first kappa shape index (κ1) is 13.4. The molecule has 1 nitrogen and oxygen atoms in total. The molecule has 0 bridgehead atoms. The fraction of sp³-hybridized carbons (Fsp3) is 0.333. The first-order chi connectivity index (χ1) is 8.65. The predicted molar refractivity (Wildman–Crippen MR) is 79.1 cm³/mol. The molecule has 1 heterocycles. The summed E-state index contributed by atoms with van der Waals surface area (Å²) in [5, 5.41) is -0.0683. The van der Waals surface area contributed by atoms with E-state index in [1.807, 2.05) is 12.1 Å². The molecule has 1 unspecified atom stereocenters. The molecule has 1 aromatic carbocycles. The SMILES string of the molecule is CCc1ccc(C(Cl)c2ccc(OC)cc2C)s1. The van der Waals surface area contributed by atoms with Gasteiger partial charge >= 0.3 is 0 Å². The van der Waals surface area contributed by atoms with E-state index in [2.05, 4.69) is 32.0 Å². The van der Waals surface area contributed by atoms with E-state index in [0.29, 0.717) is 0 Å². The number of benzene rings is 1. The third-order valence-corrected chi connectivity index (χ3v) is 4.92. The van der Waals surface area contributed by atoms with E-state index in [-0.39, 0.29) is 5.38 Å². The van der Waals surface area contributed by atoms with E-state index in [4.69, 9.17) is 16.3 Å². The Hall–Kier alpha value is -0.990. The van der Waals surface area contributed by atoms with Gasteiger partial charge in [0.1, 0.15) is 5.75 Å². The lowest BCUT2D eigenvalue weighted by Crippen LogP contribution is -1.95. The Balaban J connectivity index is 2.30. The lowest BCUT2D eigenvalue weighted by Gasteiger charge is -2.12. The summed E-state index contributed by atoms with van der Waals surface area (Å²) in [5.41, 5.74) is 2.32. The summed E-state index contributed by atoms with van der Waals surface area (Å²) in [5.74, 6) is 0.876. The summed E-state index contributed by atoms with van der Waals surface area (Å²) >= 11 is 8.36. The van der Waals surface area contributed by atoms with Crippen molar-refractivity contribution in [1.82, 2.24) is 0 Å². The number of hydrogen-bond donors (Lipinski definition) is 0. The standard InChI is InChI=1S/C15H17ClOS/c1-4-12-6-8-14(18-12)15(16)13-7-5-11(17-3)9-10(13)2/h5-9,15H,4H2,1-3H3. The van der Waals surface area contributed by atoms with Crippen LogP contribution in [-0.4, -0.2) is 7.11 Å². The Labute approximate surface area is 117 Å². The number of alkyl halides is 1. The van der Waals surface area contributed by atoms with Crippen molar-refractivity contribution in [2.45, 2.75) is 25.6 Å². The molecule has 2 aromatic rings. The Bertz CT molecular complexity index is 533. The minimum atomic E-state index is -0.0683. The molecule has 1 aromatic heterocycles. The monoisotopic (exact) mass is 280 g/mol. The smallest absolute Gasteiger partial charge is 0.119 e. The highest BCUT2D eigenvalue weighted by Gasteiger charge is 2.15. The Morgan fingerprint density at radius 1 is 1.28 bits per heavy atom. The van der Waals surface area contributed by atoms with Crippen LogP contribution < -0.4 is 4.74 Å². The number of methoxy groups -OCH3 is 1. The highest BCUT2D eigenvalue weighted by molar-refractivity contribution is 7.12. The van der Waals surface area contributed by atoms with E-state index < -0.39 is 0 Å². The van der Waals surface area contributed by atoms with Gasteiger partial charge in [0.05, 0.1) is 12.5 Å². The largest absolute Gasteiger partial charge is 0.497 e. The quantitative estimate of drug-likeness (QED) is 0.720. The fourth-order valence-electron chi connectivity index (χ4n) is 1.93. The Morgan fingerprint density at radius 2 is 2.06 bits per heavy atom. The summed E-state index contributed by atoms with van der Waals surface area (Å²) in [6.45, 7) is 4.24. The van der Waals surface area contributed by atoms with Gasteiger partial charge in [-0.1, -0.05) is 13.0 Å². The van der Waals surface area contributed by atoms with Gasteiger partial charge in [-0.2, -0.15) is 0 Å². The van der Waals surface area contributed by atoms with Crippen LogP contribution in [0.5, 0.6) is 5.75 Å². The minimum absolute atomic E-state index is 0.0683. The Kier molecular flexibility index (Phi) is 4.31. The average Bonchev–Trinajstić information content (AvgIpc) is 2.86. The van der Waals surface area contributed by atoms with Crippen LogP contribution in [0.15, 0.2) is 30.3 Å².